The van der Waals surface area contributed by atoms with E-state index >= 15 is 0 Å². The van der Waals surface area contributed by atoms with Crippen LogP contribution in [0.15, 0.2) is 190 Å². The van der Waals surface area contributed by atoms with Crippen molar-refractivity contribution in [2.75, 3.05) is 0 Å². The number of aliphatic imine (C=N–C) groups is 2. The van der Waals surface area contributed by atoms with E-state index in [2.05, 4.69) is 175 Å². The lowest BCUT2D eigenvalue weighted by molar-refractivity contribution is 0.668. The summed E-state index contributed by atoms with van der Waals surface area (Å²) >= 11 is 0. The zero-order valence-electron chi connectivity index (χ0n) is 27.6. The largest absolute Gasteiger partial charge is 0.456 e. The maximum Gasteiger partial charge on any atom is 0.159 e. The molecule has 0 spiro atoms. The van der Waals surface area contributed by atoms with Crippen molar-refractivity contribution in [1.29, 1.82) is 0 Å². The number of hydrogen-bond acceptors (Lipinski definition) is 4. The van der Waals surface area contributed by atoms with Crippen LogP contribution in [0.2, 0.25) is 0 Å². The van der Waals surface area contributed by atoms with Crippen LogP contribution in [-0.4, -0.2) is 11.7 Å². The summed E-state index contributed by atoms with van der Waals surface area (Å²) in [5.74, 6) is 1.43. The SMILES string of the molecule is c1ccc(-c2ccc3oc4cc5ccccc5cc4c3c2C2=NC(c3ccc(-c4cccc5ccccc45)cc3)=NC(c3ccccc3)N2)cc1. The Hall–Kier alpha value is -6.78. The highest BCUT2D eigenvalue weighted by Crippen LogP contribution is 2.40. The van der Waals surface area contributed by atoms with E-state index in [1.54, 1.807) is 0 Å². The summed E-state index contributed by atoms with van der Waals surface area (Å²) in [5, 5.41) is 10.6. The van der Waals surface area contributed by atoms with Gasteiger partial charge in [-0.15, -0.1) is 0 Å². The monoisotopic (exact) mass is 653 g/mol. The first-order valence-corrected chi connectivity index (χ1v) is 17.3. The summed E-state index contributed by atoms with van der Waals surface area (Å²) in [4.78, 5) is 10.6. The predicted octanol–water partition coefficient (Wildman–Crippen LogP) is 11.7. The van der Waals surface area contributed by atoms with Gasteiger partial charge in [-0.3, -0.25) is 0 Å². The number of furan rings is 1. The van der Waals surface area contributed by atoms with Crippen LogP contribution in [0.5, 0.6) is 0 Å². The molecular formula is C47H31N3O. The minimum Gasteiger partial charge on any atom is -0.456 e. The number of nitrogens with zero attached hydrogens (tertiary/aromatic N) is 2. The van der Waals surface area contributed by atoms with Crippen LogP contribution in [-0.2, 0) is 0 Å². The van der Waals surface area contributed by atoms with E-state index in [4.69, 9.17) is 14.4 Å². The third kappa shape index (κ3) is 5.08. The molecule has 9 aromatic rings. The normalized spacial score (nSPS) is 14.5. The molecular weight excluding hydrogens is 623 g/mol. The van der Waals surface area contributed by atoms with Crippen molar-refractivity contribution >= 4 is 55.2 Å². The number of amidine groups is 2. The topological polar surface area (TPSA) is 49.9 Å². The van der Waals surface area contributed by atoms with E-state index in [1.807, 2.05) is 6.07 Å². The molecule has 1 atom stereocenters. The Labute approximate surface area is 295 Å². The van der Waals surface area contributed by atoms with Crippen molar-refractivity contribution in [1.82, 2.24) is 5.32 Å². The van der Waals surface area contributed by atoms with E-state index in [0.29, 0.717) is 5.84 Å². The fourth-order valence-corrected chi connectivity index (χ4v) is 7.45. The molecule has 8 aromatic carbocycles. The summed E-state index contributed by atoms with van der Waals surface area (Å²) in [5.41, 5.74) is 9.22. The van der Waals surface area contributed by atoms with Gasteiger partial charge in [0.15, 0.2) is 5.84 Å². The molecule has 1 aliphatic heterocycles. The lowest BCUT2D eigenvalue weighted by Gasteiger charge is -2.25. The van der Waals surface area contributed by atoms with E-state index in [0.717, 1.165) is 71.9 Å². The first-order valence-electron chi connectivity index (χ1n) is 17.3. The fourth-order valence-electron chi connectivity index (χ4n) is 7.45. The van der Waals surface area contributed by atoms with Gasteiger partial charge in [0.1, 0.15) is 23.2 Å². The van der Waals surface area contributed by atoms with Gasteiger partial charge in [-0.1, -0.05) is 152 Å². The van der Waals surface area contributed by atoms with E-state index < -0.39 is 0 Å². The van der Waals surface area contributed by atoms with Crippen LogP contribution >= 0.6 is 0 Å². The van der Waals surface area contributed by atoms with Crippen molar-refractivity contribution in [3.63, 3.8) is 0 Å². The summed E-state index contributed by atoms with van der Waals surface area (Å²) in [6.07, 6.45) is -0.343. The lowest BCUT2D eigenvalue weighted by atomic mass is 9.93. The van der Waals surface area contributed by atoms with Gasteiger partial charge in [-0.25, -0.2) is 9.98 Å². The van der Waals surface area contributed by atoms with Crippen molar-refractivity contribution < 1.29 is 4.42 Å². The molecule has 1 unspecified atom stereocenters. The number of rotatable bonds is 5. The summed E-state index contributed by atoms with van der Waals surface area (Å²) < 4.78 is 6.58. The summed E-state index contributed by atoms with van der Waals surface area (Å²) in [7, 11) is 0. The molecule has 0 aliphatic carbocycles. The molecule has 240 valence electrons. The Bertz CT molecular complexity index is 2810. The Morgan fingerprint density at radius 1 is 0.471 bits per heavy atom. The molecule has 1 aromatic heterocycles. The third-order valence-corrected chi connectivity index (χ3v) is 9.93. The van der Waals surface area contributed by atoms with E-state index in [9.17, 15) is 0 Å². The van der Waals surface area contributed by atoms with Crippen LogP contribution in [0.3, 0.4) is 0 Å². The first-order chi connectivity index (χ1) is 25.3. The fraction of sp³-hybridized carbons (Fsp3) is 0.0213. The first kappa shape index (κ1) is 29.2. The van der Waals surface area contributed by atoms with Crippen molar-refractivity contribution in [3.05, 3.63) is 193 Å². The molecule has 4 nitrogen and oxygen atoms in total. The second kappa shape index (κ2) is 12.0. The van der Waals surface area contributed by atoms with Crippen molar-refractivity contribution in [2.24, 2.45) is 9.98 Å². The summed E-state index contributed by atoms with van der Waals surface area (Å²) in [6, 6.07) is 61.6. The number of fused-ring (bicyclic) bond motifs is 5. The zero-order chi connectivity index (χ0) is 33.7. The van der Waals surface area contributed by atoms with Crippen molar-refractivity contribution in [3.8, 4) is 22.3 Å². The molecule has 10 rings (SSSR count). The van der Waals surface area contributed by atoms with Gasteiger partial charge >= 0.3 is 0 Å². The Morgan fingerprint density at radius 2 is 1.12 bits per heavy atom. The second-order valence-electron chi connectivity index (χ2n) is 13.0. The van der Waals surface area contributed by atoms with Gasteiger partial charge < -0.3 is 9.73 Å². The number of benzene rings is 8. The number of hydrogen-bond donors (Lipinski definition) is 1. The van der Waals surface area contributed by atoms with Crippen molar-refractivity contribution in [2.45, 2.75) is 6.17 Å². The maximum atomic E-state index is 6.58. The highest BCUT2D eigenvalue weighted by Gasteiger charge is 2.26. The van der Waals surface area contributed by atoms with E-state index in [1.165, 1.54) is 16.3 Å². The average Bonchev–Trinajstić information content (AvgIpc) is 3.57. The maximum absolute atomic E-state index is 6.58. The molecule has 0 fully saturated rings. The van der Waals surface area contributed by atoms with Gasteiger partial charge in [0.2, 0.25) is 0 Å². The molecule has 2 heterocycles. The minimum absolute atomic E-state index is 0.343. The molecule has 1 N–H and O–H groups in total. The Morgan fingerprint density at radius 3 is 1.92 bits per heavy atom. The van der Waals surface area contributed by atoms with Crippen LogP contribution in [0, 0.1) is 0 Å². The third-order valence-electron chi connectivity index (χ3n) is 9.93. The Kier molecular flexibility index (Phi) is 6.85. The van der Waals surface area contributed by atoms with Gasteiger partial charge in [0.05, 0.1) is 0 Å². The molecule has 1 aliphatic rings. The van der Waals surface area contributed by atoms with Crippen LogP contribution in [0.1, 0.15) is 22.9 Å². The quantitative estimate of drug-likeness (QED) is 0.201. The average molecular weight is 654 g/mol. The summed E-state index contributed by atoms with van der Waals surface area (Å²) in [6.45, 7) is 0. The standard InChI is InChI=1S/C47H31N3O/c1-3-12-31(13-4-1)39-26-27-41-43(40-28-35-17-7-8-18-36(35)29-42(40)51-41)44(39)47-49-45(33-15-5-2-6-16-33)48-46(50-47)34-24-22-32(23-25-34)38-21-11-19-30-14-9-10-20-37(30)38/h1-29,45H,(H,48,49,50). The van der Waals surface area contributed by atoms with Gasteiger partial charge in [0.25, 0.3) is 0 Å². The zero-order valence-corrected chi connectivity index (χ0v) is 27.6. The van der Waals surface area contributed by atoms with Crippen LogP contribution < -0.4 is 5.32 Å². The predicted molar refractivity (Wildman–Crippen MR) is 211 cm³/mol. The molecule has 0 saturated heterocycles. The number of nitrogens with one attached hydrogen (secondary N) is 1. The molecule has 51 heavy (non-hydrogen) atoms. The second-order valence-corrected chi connectivity index (χ2v) is 13.0. The molecule has 4 heteroatoms. The molecule has 0 saturated carbocycles. The van der Waals surface area contributed by atoms with Crippen LogP contribution in [0.25, 0.3) is 65.7 Å². The van der Waals surface area contributed by atoms with Crippen LogP contribution in [0.4, 0.5) is 0 Å². The smallest absolute Gasteiger partial charge is 0.159 e. The Balaban J connectivity index is 1.19. The highest BCUT2D eigenvalue weighted by molar-refractivity contribution is 6.25. The lowest BCUT2D eigenvalue weighted by Crippen LogP contribution is -2.34. The van der Waals surface area contributed by atoms with Gasteiger partial charge in [-0.2, -0.15) is 0 Å². The van der Waals surface area contributed by atoms with E-state index in [-0.39, 0.29) is 6.17 Å². The minimum atomic E-state index is -0.343. The molecule has 0 amide bonds. The molecule has 0 radical (unpaired) electrons. The van der Waals surface area contributed by atoms with Gasteiger partial charge in [0, 0.05) is 21.9 Å². The highest BCUT2D eigenvalue weighted by atomic mass is 16.3. The van der Waals surface area contributed by atoms with Gasteiger partial charge in [-0.05, 0) is 73.6 Å². The molecule has 0 bridgehead atoms.